The highest BCUT2D eigenvalue weighted by Gasteiger charge is 2.25. The van der Waals surface area contributed by atoms with Crippen LogP contribution in [0.3, 0.4) is 0 Å². The van der Waals surface area contributed by atoms with E-state index >= 15 is 0 Å². The predicted octanol–water partition coefficient (Wildman–Crippen LogP) is 1.59. The monoisotopic (exact) mass is 342 g/mol. The Balaban J connectivity index is 3.62. The van der Waals surface area contributed by atoms with E-state index < -0.39 is 29.7 Å². The SMILES string of the molecule is C=CS(=O)(=O)c1cc(C)c(SOOO)cc1S(=O)(=O)O. The molecule has 0 heterocycles. The van der Waals surface area contributed by atoms with Gasteiger partial charge in [0, 0.05) is 10.3 Å². The maximum atomic E-state index is 11.7. The molecule has 0 atom stereocenters. The first-order valence-electron chi connectivity index (χ1n) is 4.78. The molecule has 0 aliphatic carbocycles. The summed E-state index contributed by atoms with van der Waals surface area (Å²) in [6, 6.07) is 1.91. The third kappa shape index (κ3) is 3.79. The number of hydrogen-bond donors (Lipinski definition) is 2. The van der Waals surface area contributed by atoms with E-state index in [4.69, 9.17) is 9.81 Å². The van der Waals surface area contributed by atoms with Crippen LogP contribution in [0.2, 0.25) is 0 Å². The van der Waals surface area contributed by atoms with Crippen LogP contribution in [-0.2, 0) is 29.3 Å². The second-order valence-corrected chi connectivity index (χ2v) is 7.47. The Hall–Kier alpha value is -0.950. The fraction of sp³-hybridized carbons (Fsp3) is 0.111. The zero-order chi connectivity index (χ0) is 15.6. The minimum atomic E-state index is -4.79. The zero-order valence-electron chi connectivity index (χ0n) is 10.0. The lowest BCUT2D eigenvalue weighted by Gasteiger charge is -2.10. The lowest BCUT2D eigenvalue weighted by molar-refractivity contribution is -0.432. The summed E-state index contributed by atoms with van der Waals surface area (Å²) in [6.45, 7) is 4.56. The molecule has 0 saturated carbocycles. The quantitative estimate of drug-likeness (QED) is 0.343. The number of hydrogen-bond acceptors (Lipinski definition) is 8. The fourth-order valence-corrected chi connectivity index (χ4v) is 3.94. The Morgan fingerprint density at radius 2 is 1.85 bits per heavy atom. The molecule has 0 amide bonds. The van der Waals surface area contributed by atoms with Crippen molar-refractivity contribution in [3.05, 3.63) is 29.7 Å². The van der Waals surface area contributed by atoms with E-state index in [9.17, 15) is 16.8 Å². The molecule has 112 valence electrons. The van der Waals surface area contributed by atoms with Crippen LogP contribution in [0.4, 0.5) is 0 Å². The Labute approximate surface area is 119 Å². The Morgan fingerprint density at radius 3 is 2.30 bits per heavy atom. The first-order valence-corrected chi connectivity index (χ1v) is 8.50. The molecule has 0 aliphatic heterocycles. The van der Waals surface area contributed by atoms with Crippen LogP contribution in [0.15, 0.2) is 38.8 Å². The second kappa shape index (κ2) is 6.22. The molecule has 1 rings (SSSR count). The van der Waals surface area contributed by atoms with Crippen molar-refractivity contribution in [2.75, 3.05) is 0 Å². The van der Waals surface area contributed by atoms with E-state index in [1.165, 1.54) is 6.92 Å². The molecule has 8 nitrogen and oxygen atoms in total. The predicted molar refractivity (Wildman–Crippen MR) is 69.0 cm³/mol. The normalized spacial score (nSPS) is 12.3. The summed E-state index contributed by atoms with van der Waals surface area (Å²) < 4.78 is 59.3. The van der Waals surface area contributed by atoms with Gasteiger partial charge in [0.2, 0.25) is 9.84 Å². The summed E-state index contributed by atoms with van der Waals surface area (Å²) in [7, 11) is -8.87. The van der Waals surface area contributed by atoms with Crippen LogP contribution in [0.1, 0.15) is 5.56 Å². The average molecular weight is 342 g/mol. The van der Waals surface area contributed by atoms with Crippen molar-refractivity contribution in [2.45, 2.75) is 21.6 Å². The molecule has 0 saturated heterocycles. The maximum Gasteiger partial charge on any atom is 0.295 e. The molecule has 0 aromatic heterocycles. The van der Waals surface area contributed by atoms with Gasteiger partial charge >= 0.3 is 0 Å². The summed E-state index contributed by atoms with van der Waals surface area (Å²) in [4.78, 5) is -1.32. The average Bonchev–Trinajstić information content (AvgIpc) is 2.35. The van der Waals surface area contributed by atoms with Gasteiger partial charge in [-0.25, -0.2) is 13.7 Å². The molecule has 0 fully saturated rings. The lowest BCUT2D eigenvalue weighted by atomic mass is 10.2. The van der Waals surface area contributed by atoms with Crippen molar-refractivity contribution in [3.8, 4) is 0 Å². The third-order valence-corrected chi connectivity index (χ3v) is 5.36. The van der Waals surface area contributed by atoms with Gasteiger partial charge in [0.25, 0.3) is 10.1 Å². The number of sulfone groups is 1. The van der Waals surface area contributed by atoms with Crippen LogP contribution in [0.25, 0.3) is 0 Å². The standard InChI is InChI=1S/C9H10O8S3/c1-3-19(11,12)8-4-6(2)7(18-17-16-10)5-9(8)20(13,14)15/h3-5,10H,1H2,2H3,(H,13,14,15). The van der Waals surface area contributed by atoms with Gasteiger partial charge in [-0.05, 0) is 24.6 Å². The van der Waals surface area contributed by atoms with Crippen molar-refractivity contribution < 1.29 is 36.0 Å². The van der Waals surface area contributed by atoms with Crippen LogP contribution in [-0.4, -0.2) is 26.6 Å². The van der Waals surface area contributed by atoms with Crippen molar-refractivity contribution in [3.63, 3.8) is 0 Å². The van der Waals surface area contributed by atoms with Crippen LogP contribution < -0.4 is 0 Å². The van der Waals surface area contributed by atoms with Crippen LogP contribution in [0.5, 0.6) is 0 Å². The topological polar surface area (TPSA) is 127 Å². The van der Waals surface area contributed by atoms with Crippen molar-refractivity contribution in [1.29, 1.82) is 0 Å². The maximum absolute atomic E-state index is 11.7. The second-order valence-electron chi connectivity index (χ2n) is 3.48. The molecule has 0 unspecified atom stereocenters. The van der Waals surface area contributed by atoms with Crippen molar-refractivity contribution in [2.24, 2.45) is 0 Å². The van der Waals surface area contributed by atoms with Crippen LogP contribution in [0, 0.1) is 6.92 Å². The third-order valence-electron chi connectivity index (χ3n) is 2.20. The van der Waals surface area contributed by atoms with E-state index in [2.05, 4.69) is 16.0 Å². The molecule has 11 heteroatoms. The Morgan fingerprint density at radius 1 is 1.25 bits per heavy atom. The smallest absolute Gasteiger partial charge is 0.282 e. The lowest BCUT2D eigenvalue weighted by Crippen LogP contribution is -2.08. The van der Waals surface area contributed by atoms with E-state index in [1.807, 2.05) is 0 Å². The highest BCUT2D eigenvalue weighted by Crippen LogP contribution is 2.32. The molecular formula is C9H10O8S3. The summed E-state index contributed by atoms with van der Waals surface area (Å²) >= 11 is 0.436. The van der Waals surface area contributed by atoms with Gasteiger partial charge in [0.1, 0.15) is 4.90 Å². The van der Waals surface area contributed by atoms with Gasteiger partial charge in [-0.1, -0.05) is 11.6 Å². The summed E-state index contributed by atoms with van der Waals surface area (Å²) in [6.07, 6.45) is 0. The van der Waals surface area contributed by atoms with Crippen molar-refractivity contribution >= 4 is 32.0 Å². The highest BCUT2D eigenvalue weighted by molar-refractivity contribution is 7.95. The first-order chi connectivity index (χ1) is 9.13. The van der Waals surface area contributed by atoms with Crippen LogP contribution >= 0.6 is 12.0 Å². The Bertz CT molecular complexity index is 720. The van der Waals surface area contributed by atoms with Gasteiger partial charge in [-0.15, -0.1) is 4.33 Å². The van der Waals surface area contributed by atoms with Crippen molar-refractivity contribution in [1.82, 2.24) is 0 Å². The number of rotatable bonds is 6. The number of benzene rings is 1. The molecule has 2 N–H and O–H groups in total. The highest BCUT2D eigenvalue weighted by atomic mass is 32.2. The van der Waals surface area contributed by atoms with Gasteiger partial charge in [0.05, 0.1) is 16.9 Å². The molecule has 0 bridgehead atoms. The fourth-order valence-electron chi connectivity index (χ4n) is 1.30. The largest absolute Gasteiger partial charge is 0.295 e. The summed E-state index contributed by atoms with van der Waals surface area (Å²) in [5, 5.41) is 12.0. The van der Waals surface area contributed by atoms with Gasteiger partial charge in [0.15, 0.2) is 0 Å². The Kier molecular flexibility index (Phi) is 5.32. The summed E-state index contributed by atoms with van der Waals surface area (Å²) in [5.74, 6) is 0. The van der Waals surface area contributed by atoms with Gasteiger partial charge in [-0.2, -0.15) is 8.42 Å². The minimum absolute atomic E-state index is 0.120. The first kappa shape index (κ1) is 17.1. The zero-order valence-corrected chi connectivity index (χ0v) is 12.5. The van der Waals surface area contributed by atoms with E-state index in [1.54, 1.807) is 0 Å². The molecule has 1 aromatic carbocycles. The summed E-state index contributed by atoms with van der Waals surface area (Å²) in [5.41, 5.74) is 0.319. The molecular weight excluding hydrogens is 332 g/mol. The molecule has 1 aromatic rings. The van der Waals surface area contributed by atoms with Gasteiger partial charge < -0.3 is 0 Å². The number of aryl methyl sites for hydroxylation is 1. The van der Waals surface area contributed by atoms with E-state index in [0.29, 0.717) is 23.0 Å². The van der Waals surface area contributed by atoms with E-state index in [-0.39, 0.29) is 4.90 Å². The molecule has 0 aliphatic rings. The van der Waals surface area contributed by atoms with E-state index in [0.717, 1.165) is 12.1 Å². The molecule has 0 spiro atoms. The molecule has 20 heavy (non-hydrogen) atoms. The minimum Gasteiger partial charge on any atom is -0.282 e. The molecule has 0 radical (unpaired) electrons. The van der Waals surface area contributed by atoms with Gasteiger partial charge in [-0.3, -0.25) is 4.55 Å².